The van der Waals surface area contributed by atoms with Crippen LogP contribution in [0, 0.1) is 6.92 Å². The average Bonchev–Trinajstić information content (AvgIpc) is 3.00. The molecular formula is C19H19ClN2O2. The first kappa shape index (κ1) is 16.5. The molecular weight excluding hydrogens is 324 g/mol. The fraction of sp³-hybridized carbons (Fsp3) is 0.263. The standard InChI is InChI=1S/C19H19ClN2O2/c1-13-8-9-14(11-17(13)22-10-4-7-18(22)23)19(24)21-12-15-5-2-3-6-16(15)20/h2-3,5-6,8-9,11H,4,7,10,12H2,1H3,(H,21,24). The summed E-state index contributed by atoms with van der Waals surface area (Å²) in [5, 5.41) is 3.51. The van der Waals surface area contributed by atoms with Gasteiger partial charge in [-0.05, 0) is 42.7 Å². The number of carbonyl (C=O) groups excluding carboxylic acids is 2. The van der Waals surface area contributed by atoms with E-state index in [0.29, 0.717) is 30.1 Å². The molecule has 2 aromatic carbocycles. The lowest BCUT2D eigenvalue weighted by molar-refractivity contribution is -0.117. The van der Waals surface area contributed by atoms with Crippen molar-refractivity contribution in [2.45, 2.75) is 26.3 Å². The van der Waals surface area contributed by atoms with E-state index in [4.69, 9.17) is 11.6 Å². The van der Waals surface area contributed by atoms with Crippen LogP contribution in [0.4, 0.5) is 5.69 Å². The Morgan fingerprint density at radius 3 is 2.75 bits per heavy atom. The summed E-state index contributed by atoms with van der Waals surface area (Å²) in [6.45, 7) is 3.03. The zero-order valence-corrected chi connectivity index (χ0v) is 14.3. The van der Waals surface area contributed by atoms with Gasteiger partial charge in [-0.15, -0.1) is 0 Å². The second kappa shape index (κ2) is 7.05. The molecule has 0 radical (unpaired) electrons. The van der Waals surface area contributed by atoms with Crippen molar-refractivity contribution in [1.82, 2.24) is 5.32 Å². The summed E-state index contributed by atoms with van der Waals surface area (Å²) in [6.07, 6.45) is 1.43. The Morgan fingerprint density at radius 1 is 1.25 bits per heavy atom. The minimum absolute atomic E-state index is 0.117. The van der Waals surface area contributed by atoms with Gasteiger partial charge < -0.3 is 10.2 Å². The zero-order chi connectivity index (χ0) is 17.1. The van der Waals surface area contributed by atoms with Gasteiger partial charge in [0, 0.05) is 35.8 Å². The number of nitrogens with one attached hydrogen (secondary N) is 1. The minimum atomic E-state index is -0.178. The molecule has 5 heteroatoms. The fourth-order valence-corrected chi connectivity index (χ4v) is 3.07. The first-order chi connectivity index (χ1) is 11.6. The normalized spacial score (nSPS) is 14.1. The highest BCUT2D eigenvalue weighted by atomic mass is 35.5. The van der Waals surface area contributed by atoms with Crippen LogP contribution < -0.4 is 10.2 Å². The van der Waals surface area contributed by atoms with Gasteiger partial charge in [0.2, 0.25) is 5.91 Å². The van der Waals surface area contributed by atoms with E-state index in [1.165, 1.54) is 0 Å². The maximum absolute atomic E-state index is 12.4. The summed E-state index contributed by atoms with van der Waals surface area (Å²) in [6, 6.07) is 12.9. The Morgan fingerprint density at radius 2 is 2.04 bits per heavy atom. The van der Waals surface area contributed by atoms with Gasteiger partial charge in [0.05, 0.1) is 0 Å². The summed E-state index contributed by atoms with van der Waals surface area (Å²) < 4.78 is 0. The zero-order valence-electron chi connectivity index (χ0n) is 13.5. The third-order valence-corrected chi connectivity index (χ3v) is 4.60. The van der Waals surface area contributed by atoms with Crippen molar-refractivity contribution in [2.24, 2.45) is 0 Å². The largest absolute Gasteiger partial charge is 0.348 e. The number of amides is 2. The van der Waals surface area contributed by atoms with Crippen LogP contribution in [0.1, 0.15) is 34.3 Å². The number of nitrogens with zero attached hydrogens (tertiary/aromatic N) is 1. The highest BCUT2D eigenvalue weighted by Crippen LogP contribution is 2.26. The Hall–Kier alpha value is -2.33. The predicted molar refractivity (Wildman–Crippen MR) is 95.4 cm³/mol. The van der Waals surface area contributed by atoms with Crippen LogP contribution in [-0.2, 0) is 11.3 Å². The molecule has 0 saturated carbocycles. The summed E-state index contributed by atoms with van der Waals surface area (Å²) in [5.41, 5.74) is 3.23. The van der Waals surface area contributed by atoms with E-state index in [1.807, 2.05) is 31.2 Å². The molecule has 4 nitrogen and oxygen atoms in total. The van der Waals surface area contributed by atoms with E-state index in [2.05, 4.69) is 5.32 Å². The van der Waals surface area contributed by atoms with E-state index in [9.17, 15) is 9.59 Å². The molecule has 0 aromatic heterocycles. The molecule has 124 valence electrons. The number of benzene rings is 2. The van der Waals surface area contributed by atoms with Crippen molar-refractivity contribution in [2.75, 3.05) is 11.4 Å². The van der Waals surface area contributed by atoms with E-state index in [-0.39, 0.29) is 11.8 Å². The molecule has 0 bridgehead atoms. The SMILES string of the molecule is Cc1ccc(C(=O)NCc2ccccc2Cl)cc1N1CCCC1=O. The van der Waals surface area contributed by atoms with Crippen molar-refractivity contribution < 1.29 is 9.59 Å². The molecule has 2 aromatic rings. The second-order valence-electron chi connectivity index (χ2n) is 5.92. The highest BCUT2D eigenvalue weighted by Gasteiger charge is 2.23. The first-order valence-corrected chi connectivity index (χ1v) is 8.36. The lowest BCUT2D eigenvalue weighted by atomic mass is 10.1. The average molecular weight is 343 g/mol. The molecule has 0 atom stereocenters. The van der Waals surface area contributed by atoms with E-state index >= 15 is 0 Å². The third-order valence-electron chi connectivity index (χ3n) is 4.23. The van der Waals surface area contributed by atoms with E-state index < -0.39 is 0 Å². The maximum atomic E-state index is 12.4. The van der Waals surface area contributed by atoms with Gasteiger partial charge in [-0.2, -0.15) is 0 Å². The summed E-state index contributed by atoms with van der Waals surface area (Å²) in [5.74, 6) is -0.0606. The molecule has 1 aliphatic rings. The van der Waals surface area contributed by atoms with Crippen LogP contribution in [0.5, 0.6) is 0 Å². The molecule has 3 rings (SSSR count). The Balaban J connectivity index is 1.75. The van der Waals surface area contributed by atoms with E-state index in [1.54, 1.807) is 23.1 Å². The van der Waals surface area contributed by atoms with Crippen molar-refractivity contribution in [1.29, 1.82) is 0 Å². The molecule has 24 heavy (non-hydrogen) atoms. The third kappa shape index (κ3) is 3.44. The number of hydrogen-bond donors (Lipinski definition) is 1. The number of halogens is 1. The second-order valence-corrected chi connectivity index (χ2v) is 6.33. The van der Waals surface area contributed by atoms with Crippen LogP contribution in [0.15, 0.2) is 42.5 Å². The monoisotopic (exact) mass is 342 g/mol. The molecule has 1 fully saturated rings. The van der Waals surface area contributed by atoms with Crippen LogP contribution in [0.25, 0.3) is 0 Å². The Labute approximate surface area is 146 Å². The fourth-order valence-electron chi connectivity index (χ4n) is 2.86. The smallest absolute Gasteiger partial charge is 0.251 e. The number of aryl methyl sites for hydroxylation is 1. The van der Waals surface area contributed by atoms with Crippen LogP contribution in [0.2, 0.25) is 5.02 Å². The topological polar surface area (TPSA) is 49.4 Å². The number of rotatable bonds is 4. The van der Waals surface area contributed by atoms with Gasteiger partial charge in [0.25, 0.3) is 5.91 Å². The summed E-state index contributed by atoms with van der Waals surface area (Å²) >= 11 is 6.11. The van der Waals surface area contributed by atoms with E-state index in [0.717, 1.165) is 23.2 Å². The Bertz CT molecular complexity index is 789. The van der Waals surface area contributed by atoms with Gasteiger partial charge in [0.15, 0.2) is 0 Å². The van der Waals surface area contributed by atoms with Gasteiger partial charge in [0.1, 0.15) is 0 Å². The van der Waals surface area contributed by atoms with Crippen molar-refractivity contribution in [3.05, 3.63) is 64.2 Å². The van der Waals surface area contributed by atoms with Crippen LogP contribution in [-0.4, -0.2) is 18.4 Å². The predicted octanol–water partition coefficient (Wildman–Crippen LogP) is 3.71. The quantitative estimate of drug-likeness (QED) is 0.920. The van der Waals surface area contributed by atoms with Crippen LogP contribution >= 0.6 is 11.6 Å². The number of carbonyl (C=O) groups is 2. The summed E-state index contributed by atoms with van der Waals surface area (Å²) in [7, 11) is 0. The lowest BCUT2D eigenvalue weighted by Crippen LogP contribution is -2.26. The molecule has 2 amide bonds. The number of anilines is 1. The van der Waals surface area contributed by atoms with Crippen LogP contribution in [0.3, 0.4) is 0 Å². The number of hydrogen-bond acceptors (Lipinski definition) is 2. The maximum Gasteiger partial charge on any atom is 0.251 e. The Kier molecular flexibility index (Phi) is 4.86. The molecule has 1 saturated heterocycles. The molecule has 0 unspecified atom stereocenters. The molecule has 1 heterocycles. The van der Waals surface area contributed by atoms with Gasteiger partial charge in [-0.3, -0.25) is 9.59 Å². The van der Waals surface area contributed by atoms with Gasteiger partial charge in [-0.1, -0.05) is 35.9 Å². The highest BCUT2D eigenvalue weighted by molar-refractivity contribution is 6.31. The van der Waals surface area contributed by atoms with Crippen molar-refractivity contribution >= 4 is 29.1 Å². The lowest BCUT2D eigenvalue weighted by Gasteiger charge is -2.19. The van der Waals surface area contributed by atoms with Crippen molar-refractivity contribution in [3.8, 4) is 0 Å². The minimum Gasteiger partial charge on any atom is -0.348 e. The molecule has 0 aliphatic carbocycles. The van der Waals surface area contributed by atoms with Gasteiger partial charge in [-0.25, -0.2) is 0 Å². The first-order valence-electron chi connectivity index (χ1n) is 7.99. The van der Waals surface area contributed by atoms with Crippen molar-refractivity contribution in [3.63, 3.8) is 0 Å². The molecule has 1 N–H and O–H groups in total. The van der Waals surface area contributed by atoms with Gasteiger partial charge >= 0.3 is 0 Å². The molecule has 0 spiro atoms. The molecule has 1 aliphatic heterocycles. The summed E-state index contributed by atoms with van der Waals surface area (Å²) in [4.78, 5) is 26.2.